The Labute approximate surface area is 419 Å². The molecular formula is C52H80N8O11. The van der Waals surface area contributed by atoms with Crippen LogP contribution in [0.1, 0.15) is 99.9 Å². The van der Waals surface area contributed by atoms with Gasteiger partial charge in [-0.05, 0) is 112 Å². The van der Waals surface area contributed by atoms with Crippen molar-refractivity contribution < 1.29 is 52.6 Å². The predicted octanol–water partition coefficient (Wildman–Crippen LogP) is 4.71. The number of benzene rings is 2. The normalized spacial score (nSPS) is 15.9. The molecule has 4 N–H and O–H groups in total. The Kier molecular flexibility index (Phi) is 21.4. The fraction of sp³-hybridized carbons (Fsp3) is 0.615. The van der Waals surface area contributed by atoms with Gasteiger partial charge in [-0.1, -0.05) is 42.5 Å². The number of alkyl carbamates (subject to hydrolysis) is 1. The molecule has 0 saturated carbocycles. The number of hydrogen-bond acceptors (Lipinski definition) is 15. The van der Waals surface area contributed by atoms with Gasteiger partial charge < -0.3 is 34.6 Å². The van der Waals surface area contributed by atoms with E-state index in [0.29, 0.717) is 52.4 Å². The van der Waals surface area contributed by atoms with Crippen molar-refractivity contribution in [3.05, 3.63) is 71.4 Å². The summed E-state index contributed by atoms with van der Waals surface area (Å²) in [4.78, 5) is 95.7. The van der Waals surface area contributed by atoms with E-state index in [2.05, 4.69) is 21.1 Å². The molecule has 3 aromatic rings. The van der Waals surface area contributed by atoms with Gasteiger partial charge in [0.2, 0.25) is 5.91 Å². The zero-order valence-corrected chi connectivity index (χ0v) is 44.2. The minimum absolute atomic E-state index is 0.0212. The van der Waals surface area contributed by atoms with Crippen molar-refractivity contribution in [1.82, 2.24) is 40.7 Å². The molecule has 1 atom stereocenters. The summed E-state index contributed by atoms with van der Waals surface area (Å²) in [6.45, 7) is 25.4. The lowest BCUT2D eigenvalue weighted by atomic mass is 10.1. The molecule has 3 amide bonds. The largest absolute Gasteiger partial charge is 0.459 e. The standard InChI is InChI=1S/C52H80N8O11/c1-49(2,3)68-44(62)33-58-23-21-57(22-24-59(34-45(63)69-50(4,5)6)26-28-60(27-25-58)35-46(64)70-51(7,8)9)32-43(61)53-31-37-17-19-38(20-18-37)36-67-56-47(65)42(55-48(66)71-52(10,11)12)30-40-29-39-15-13-14-16-41(39)54-40/h13-20,29,42,54H,21-28,30-36H2,1-12H3,(H,53,61)(H,55,66)(H,56,65)/t42-/m1/s1. The monoisotopic (exact) mass is 993 g/mol. The van der Waals surface area contributed by atoms with E-state index < -0.39 is 40.4 Å². The summed E-state index contributed by atoms with van der Waals surface area (Å²) in [5.41, 5.74) is 2.95. The van der Waals surface area contributed by atoms with E-state index in [9.17, 15) is 28.8 Å². The summed E-state index contributed by atoms with van der Waals surface area (Å²) in [5.74, 6) is -1.90. The number of H-pyrrole nitrogens is 1. The third-order valence-electron chi connectivity index (χ3n) is 10.6. The molecule has 394 valence electrons. The number of carbonyl (C=O) groups is 6. The van der Waals surface area contributed by atoms with E-state index in [-0.39, 0.29) is 69.6 Å². The predicted molar refractivity (Wildman–Crippen MR) is 270 cm³/mol. The van der Waals surface area contributed by atoms with Gasteiger partial charge in [-0.2, -0.15) is 0 Å². The average Bonchev–Trinajstić information content (AvgIpc) is 3.64. The Hall–Kier alpha value is -5.60. The molecule has 2 aromatic carbocycles. The number of fused-ring (bicyclic) bond motifs is 1. The smallest absolute Gasteiger partial charge is 0.408 e. The molecule has 1 aliphatic rings. The number of hydroxylamine groups is 1. The number of ether oxygens (including phenoxy) is 4. The Morgan fingerprint density at radius 2 is 0.986 bits per heavy atom. The van der Waals surface area contributed by atoms with Crippen LogP contribution in [0.25, 0.3) is 10.9 Å². The number of aromatic nitrogens is 1. The van der Waals surface area contributed by atoms with Crippen LogP contribution in [0.3, 0.4) is 0 Å². The molecule has 1 aromatic heterocycles. The maximum Gasteiger partial charge on any atom is 0.408 e. The fourth-order valence-corrected chi connectivity index (χ4v) is 7.48. The van der Waals surface area contributed by atoms with Gasteiger partial charge in [-0.25, -0.2) is 10.3 Å². The molecule has 4 rings (SSSR count). The molecular weight excluding hydrogens is 913 g/mol. The lowest BCUT2D eigenvalue weighted by Gasteiger charge is -2.34. The Balaban J connectivity index is 1.38. The number of para-hydroxylation sites is 1. The van der Waals surface area contributed by atoms with Crippen LogP contribution in [0.2, 0.25) is 0 Å². The quantitative estimate of drug-likeness (QED) is 0.0819. The lowest BCUT2D eigenvalue weighted by molar-refractivity contribution is -0.158. The van der Waals surface area contributed by atoms with Crippen molar-refractivity contribution in [3.63, 3.8) is 0 Å². The highest BCUT2D eigenvalue weighted by molar-refractivity contribution is 5.86. The molecule has 1 saturated heterocycles. The highest BCUT2D eigenvalue weighted by Gasteiger charge is 2.28. The molecule has 1 fully saturated rings. The first-order valence-electron chi connectivity index (χ1n) is 24.4. The third kappa shape index (κ3) is 23.9. The van der Waals surface area contributed by atoms with E-state index in [0.717, 1.165) is 27.7 Å². The van der Waals surface area contributed by atoms with Gasteiger partial charge in [0.25, 0.3) is 5.91 Å². The van der Waals surface area contributed by atoms with Gasteiger partial charge in [0.15, 0.2) is 0 Å². The summed E-state index contributed by atoms with van der Waals surface area (Å²) < 4.78 is 22.4. The average molecular weight is 993 g/mol. The van der Waals surface area contributed by atoms with Gasteiger partial charge in [0, 0.05) is 76.5 Å². The van der Waals surface area contributed by atoms with Crippen molar-refractivity contribution in [2.45, 2.75) is 131 Å². The zero-order valence-electron chi connectivity index (χ0n) is 44.2. The first-order chi connectivity index (χ1) is 33.1. The number of amides is 3. The molecule has 1 aliphatic heterocycles. The second kappa shape index (κ2) is 26.2. The van der Waals surface area contributed by atoms with Crippen molar-refractivity contribution in [1.29, 1.82) is 0 Å². The Morgan fingerprint density at radius 1 is 0.563 bits per heavy atom. The van der Waals surface area contributed by atoms with Crippen LogP contribution in [0.15, 0.2) is 54.6 Å². The molecule has 0 bridgehead atoms. The van der Waals surface area contributed by atoms with E-state index >= 15 is 0 Å². The number of esters is 3. The lowest BCUT2D eigenvalue weighted by Crippen LogP contribution is -2.50. The summed E-state index contributed by atoms with van der Waals surface area (Å²) in [7, 11) is 0. The van der Waals surface area contributed by atoms with Gasteiger partial charge >= 0.3 is 24.0 Å². The van der Waals surface area contributed by atoms with E-state index in [4.69, 9.17) is 23.8 Å². The first-order valence-corrected chi connectivity index (χ1v) is 24.4. The summed E-state index contributed by atoms with van der Waals surface area (Å²) in [5, 5.41) is 6.66. The summed E-state index contributed by atoms with van der Waals surface area (Å²) in [6.07, 6.45) is -0.567. The van der Waals surface area contributed by atoms with Crippen LogP contribution in [0.4, 0.5) is 4.79 Å². The van der Waals surface area contributed by atoms with Crippen molar-refractivity contribution >= 4 is 46.7 Å². The van der Waals surface area contributed by atoms with Gasteiger partial charge in [0.05, 0.1) is 32.8 Å². The van der Waals surface area contributed by atoms with Gasteiger partial charge in [-0.3, -0.25) is 48.4 Å². The molecule has 0 unspecified atom stereocenters. The van der Waals surface area contributed by atoms with Crippen LogP contribution < -0.4 is 16.1 Å². The van der Waals surface area contributed by atoms with Crippen LogP contribution in [0, 0.1) is 0 Å². The fourth-order valence-electron chi connectivity index (χ4n) is 7.48. The van der Waals surface area contributed by atoms with Gasteiger partial charge in [0.1, 0.15) is 28.4 Å². The number of hydrogen-bond donors (Lipinski definition) is 4. The van der Waals surface area contributed by atoms with Gasteiger partial charge in [-0.15, -0.1) is 0 Å². The van der Waals surface area contributed by atoms with E-state index in [1.165, 1.54) is 0 Å². The topological polar surface area (TPSA) is 213 Å². The van der Waals surface area contributed by atoms with E-state index in [1.54, 1.807) is 20.8 Å². The SMILES string of the molecule is CC(C)(C)OC(=O)CN1CCN(CC(=O)NCc2ccc(CONC(=O)[C@@H](Cc3cc4ccccc4[nH]3)NC(=O)OC(C)(C)C)cc2)CCN(CC(=O)OC(C)(C)C)CCN(CC(=O)OC(C)(C)C)CC1. The highest BCUT2D eigenvalue weighted by Crippen LogP contribution is 2.17. The maximum absolute atomic E-state index is 13.6. The number of nitrogens with one attached hydrogen (secondary N) is 4. The second-order valence-corrected chi connectivity index (χ2v) is 22.0. The molecule has 19 heteroatoms. The van der Waals surface area contributed by atoms with Crippen LogP contribution >= 0.6 is 0 Å². The zero-order chi connectivity index (χ0) is 52.6. The molecule has 71 heavy (non-hydrogen) atoms. The molecule has 0 aliphatic carbocycles. The second-order valence-electron chi connectivity index (χ2n) is 22.0. The first kappa shape index (κ1) is 58.0. The van der Waals surface area contributed by atoms with Crippen molar-refractivity contribution in [3.8, 4) is 0 Å². The van der Waals surface area contributed by atoms with Crippen molar-refractivity contribution in [2.75, 3.05) is 78.5 Å². The number of aromatic amines is 1. The van der Waals surface area contributed by atoms with Crippen molar-refractivity contribution in [2.24, 2.45) is 0 Å². The maximum atomic E-state index is 13.6. The molecule has 2 heterocycles. The summed E-state index contributed by atoms with van der Waals surface area (Å²) in [6, 6.07) is 16.0. The highest BCUT2D eigenvalue weighted by atomic mass is 16.7. The minimum atomic E-state index is -0.999. The molecule has 0 spiro atoms. The third-order valence-corrected chi connectivity index (χ3v) is 10.6. The number of nitrogens with zero attached hydrogens (tertiary/aromatic N) is 4. The van der Waals surface area contributed by atoms with Crippen LogP contribution in [-0.2, 0) is 67.3 Å². The Bertz CT molecular complexity index is 2140. The number of carbonyl (C=O) groups excluding carboxylic acids is 6. The van der Waals surface area contributed by atoms with E-state index in [1.807, 2.05) is 137 Å². The van der Waals surface area contributed by atoms with Crippen LogP contribution in [-0.4, -0.2) is 167 Å². The van der Waals surface area contributed by atoms with Crippen LogP contribution in [0.5, 0.6) is 0 Å². The Morgan fingerprint density at radius 3 is 1.42 bits per heavy atom. The number of rotatable bonds is 17. The minimum Gasteiger partial charge on any atom is -0.459 e. The summed E-state index contributed by atoms with van der Waals surface area (Å²) >= 11 is 0. The molecule has 0 radical (unpaired) electrons. The molecule has 19 nitrogen and oxygen atoms in total.